The van der Waals surface area contributed by atoms with E-state index in [1.54, 1.807) is 30.5 Å². The number of ether oxygens (including phenoxy) is 1. The quantitative estimate of drug-likeness (QED) is 0.320. The maximum absolute atomic E-state index is 12.1. The second-order valence-corrected chi connectivity index (χ2v) is 5.56. The Kier molecular flexibility index (Phi) is 5.22. The van der Waals surface area contributed by atoms with Crippen molar-refractivity contribution in [2.45, 2.75) is 6.92 Å². The molecule has 0 bridgehead atoms. The van der Waals surface area contributed by atoms with Gasteiger partial charge in [-0.3, -0.25) is 5.43 Å². The van der Waals surface area contributed by atoms with Crippen molar-refractivity contribution in [3.63, 3.8) is 0 Å². The van der Waals surface area contributed by atoms with Gasteiger partial charge < -0.3 is 4.74 Å². The van der Waals surface area contributed by atoms with E-state index in [1.807, 2.05) is 61.5 Å². The smallest absolute Gasteiger partial charge is 0.343 e. The van der Waals surface area contributed by atoms with Gasteiger partial charge in [0.2, 0.25) is 0 Å². The Morgan fingerprint density at radius 1 is 0.960 bits per heavy atom. The van der Waals surface area contributed by atoms with Crippen LogP contribution >= 0.6 is 0 Å². The van der Waals surface area contributed by atoms with Gasteiger partial charge >= 0.3 is 5.97 Å². The third kappa shape index (κ3) is 4.78. The summed E-state index contributed by atoms with van der Waals surface area (Å²) < 4.78 is 5.39. The molecule has 1 N–H and O–H groups in total. The highest BCUT2D eigenvalue weighted by atomic mass is 16.5. The van der Waals surface area contributed by atoms with Crippen molar-refractivity contribution in [3.8, 4) is 5.75 Å². The average molecular weight is 330 g/mol. The molecule has 3 aromatic carbocycles. The molecule has 3 aromatic rings. The molecule has 4 heteroatoms. The number of benzene rings is 3. The summed E-state index contributed by atoms with van der Waals surface area (Å²) in [5, 5.41) is 4.18. The number of nitrogens with one attached hydrogen (secondary N) is 1. The lowest BCUT2D eigenvalue weighted by Gasteiger charge is -2.05. The first-order chi connectivity index (χ1) is 12.2. The number of nitrogens with zero attached hydrogens (tertiary/aromatic N) is 1. The van der Waals surface area contributed by atoms with Gasteiger partial charge in [-0.1, -0.05) is 35.9 Å². The van der Waals surface area contributed by atoms with Crippen LogP contribution in [-0.2, 0) is 0 Å². The largest absolute Gasteiger partial charge is 0.423 e. The normalized spacial score (nSPS) is 10.6. The lowest BCUT2D eigenvalue weighted by Crippen LogP contribution is -2.08. The molecular formula is C21H18N2O2. The fourth-order valence-electron chi connectivity index (χ4n) is 2.25. The zero-order valence-corrected chi connectivity index (χ0v) is 13.8. The fraction of sp³-hybridized carbons (Fsp3) is 0.0476. The van der Waals surface area contributed by atoms with Crippen LogP contribution in [0.1, 0.15) is 21.5 Å². The lowest BCUT2D eigenvalue weighted by molar-refractivity contribution is 0.0734. The number of hydrazone groups is 1. The topological polar surface area (TPSA) is 50.7 Å². The Balaban J connectivity index is 1.59. The zero-order valence-electron chi connectivity index (χ0n) is 13.8. The van der Waals surface area contributed by atoms with Crippen LogP contribution < -0.4 is 10.2 Å². The van der Waals surface area contributed by atoms with Gasteiger partial charge in [0.05, 0.1) is 17.5 Å². The van der Waals surface area contributed by atoms with Gasteiger partial charge in [0.1, 0.15) is 5.75 Å². The molecule has 0 unspecified atom stereocenters. The number of anilines is 1. The number of aryl methyl sites for hydroxylation is 1. The van der Waals surface area contributed by atoms with Gasteiger partial charge in [0.15, 0.2) is 0 Å². The monoisotopic (exact) mass is 330 g/mol. The minimum atomic E-state index is -0.365. The van der Waals surface area contributed by atoms with E-state index in [0.717, 1.165) is 16.8 Å². The predicted octanol–water partition coefficient (Wildman–Crippen LogP) is 4.66. The van der Waals surface area contributed by atoms with Crippen LogP contribution in [0.3, 0.4) is 0 Å². The number of carbonyl (C=O) groups is 1. The third-order valence-electron chi connectivity index (χ3n) is 3.53. The number of rotatable bonds is 5. The van der Waals surface area contributed by atoms with Crippen LogP contribution in [0.25, 0.3) is 0 Å². The van der Waals surface area contributed by atoms with Gasteiger partial charge in [-0.25, -0.2) is 4.79 Å². The zero-order chi connectivity index (χ0) is 17.5. The van der Waals surface area contributed by atoms with Crippen LogP contribution in [0.5, 0.6) is 5.75 Å². The Morgan fingerprint density at radius 3 is 2.44 bits per heavy atom. The summed E-state index contributed by atoms with van der Waals surface area (Å²) in [6, 6.07) is 24.2. The van der Waals surface area contributed by atoms with Crippen molar-refractivity contribution in [1.82, 2.24) is 0 Å². The molecule has 0 aliphatic rings. The van der Waals surface area contributed by atoms with Crippen LogP contribution in [-0.4, -0.2) is 12.2 Å². The highest BCUT2D eigenvalue weighted by Gasteiger charge is 2.08. The second-order valence-electron chi connectivity index (χ2n) is 5.56. The van der Waals surface area contributed by atoms with Crippen molar-refractivity contribution < 1.29 is 9.53 Å². The first kappa shape index (κ1) is 16.5. The van der Waals surface area contributed by atoms with E-state index < -0.39 is 0 Å². The van der Waals surface area contributed by atoms with Crippen molar-refractivity contribution >= 4 is 17.9 Å². The van der Waals surface area contributed by atoms with Crippen molar-refractivity contribution in [2.75, 3.05) is 5.43 Å². The SMILES string of the molecule is Cc1cccc(C(=O)Oc2ccc(C=NNc3ccccc3)cc2)c1. The van der Waals surface area contributed by atoms with E-state index in [-0.39, 0.29) is 5.97 Å². The lowest BCUT2D eigenvalue weighted by atomic mass is 10.1. The second kappa shape index (κ2) is 7.93. The summed E-state index contributed by atoms with van der Waals surface area (Å²) in [5.74, 6) is 0.135. The molecule has 0 aliphatic carbocycles. The van der Waals surface area contributed by atoms with E-state index in [9.17, 15) is 4.79 Å². The van der Waals surface area contributed by atoms with Gasteiger partial charge in [-0.2, -0.15) is 5.10 Å². The van der Waals surface area contributed by atoms with E-state index in [1.165, 1.54) is 0 Å². The Labute approximate surface area is 146 Å². The van der Waals surface area contributed by atoms with Gasteiger partial charge in [-0.15, -0.1) is 0 Å². The standard InChI is InChI=1S/C21H18N2O2/c1-16-6-5-7-18(14-16)21(24)25-20-12-10-17(11-13-20)15-22-23-19-8-3-2-4-9-19/h2-15,23H,1H3. The molecule has 0 spiro atoms. The van der Waals surface area contributed by atoms with Gasteiger partial charge in [0, 0.05) is 0 Å². The fourth-order valence-corrected chi connectivity index (χ4v) is 2.25. The molecular weight excluding hydrogens is 312 g/mol. The summed E-state index contributed by atoms with van der Waals surface area (Å²) >= 11 is 0. The van der Waals surface area contributed by atoms with Crippen molar-refractivity contribution in [2.24, 2.45) is 5.10 Å². The van der Waals surface area contributed by atoms with E-state index in [4.69, 9.17) is 4.74 Å². The van der Waals surface area contributed by atoms with Crippen LogP contribution in [0.4, 0.5) is 5.69 Å². The Bertz CT molecular complexity index is 872. The minimum absolute atomic E-state index is 0.365. The van der Waals surface area contributed by atoms with Crippen molar-refractivity contribution in [3.05, 3.63) is 95.6 Å². The molecule has 4 nitrogen and oxygen atoms in total. The Hall–Kier alpha value is -3.40. The van der Waals surface area contributed by atoms with E-state index in [0.29, 0.717) is 11.3 Å². The summed E-state index contributed by atoms with van der Waals surface area (Å²) in [6.07, 6.45) is 1.71. The summed E-state index contributed by atoms with van der Waals surface area (Å²) in [4.78, 5) is 12.1. The first-order valence-corrected chi connectivity index (χ1v) is 7.94. The highest BCUT2D eigenvalue weighted by Crippen LogP contribution is 2.14. The molecule has 0 aromatic heterocycles. The molecule has 0 fully saturated rings. The molecule has 25 heavy (non-hydrogen) atoms. The molecule has 0 saturated heterocycles. The number of hydrogen-bond acceptors (Lipinski definition) is 4. The van der Waals surface area contributed by atoms with Gasteiger partial charge in [-0.05, 0) is 61.0 Å². The average Bonchev–Trinajstić information content (AvgIpc) is 2.64. The molecule has 3 rings (SSSR count). The summed E-state index contributed by atoms with van der Waals surface area (Å²) in [5.41, 5.74) is 6.33. The molecule has 0 atom stereocenters. The number of esters is 1. The van der Waals surface area contributed by atoms with E-state index in [2.05, 4.69) is 10.5 Å². The molecule has 0 saturated carbocycles. The number of hydrogen-bond donors (Lipinski definition) is 1. The van der Waals surface area contributed by atoms with Crippen LogP contribution in [0.15, 0.2) is 84.0 Å². The molecule has 0 aliphatic heterocycles. The third-order valence-corrected chi connectivity index (χ3v) is 3.53. The van der Waals surface area contributed by atoms with Gasteiger partial charge in [0.25, 0.3) is 0 Å². The van der Waals surface area contributed by atoms with Crippen LogP contribution in [0, 0.1) is 6.92 Å². The van der Waals surface area contributed by atoms with E-state index >= 15 is 0 Å². The highest BCUT2D eigenvalue weighted by molar-refractivity contribution is 5.91. The number of carbonyl (C=O) groups excluding carboxylic acids is 1. The summed E-state index contributed by atoms with van der Waals surface area (Å²) in [6.45, 7) is 1.94. The number of para-hydroxylation sites is 1. The Morgan fingerprint density at radius 2 is 1.72 bits per heavy atom. The molecule has 124 valence electrons. The molecule has 0 radical (unpaired) electrons. The molecule has 0 amide bonds. The minimum Gasteiger partial charge on any atom is -0.423 e. The first-order valence-electron chi connectivity index (χ1n) is 7.94. The van der Waals surface area contributed by atoms with Crippen LogP contribution in [0.2, 0.25) is 0 Å². The maximum atomic E-state index is 12.1. The molecule has 0 heterocycles. The summed E-state index contributed by atoms with van der Waals surface area (Å²) in [7, 11) is 0. The maximum Gasteiger partial charge on any atom is 0.343 e. The predicted molar refractivity (Wildman–Crippen MR) is 100 cm³/mol. The van der Waals surface area contributed by atoms with Crippen molar-refractivity contribution in [1.29, 1.82) is 0 Å².